The van der Waals surface area contributed by atoms with E-state index in [9.17, 15) is 23.3 Å². The number of amides is 1. The monoisotopic (exact) mass is 466 g/mol. The van der Waals surface area contributed by atoms with E-state index < -0.39 is 21.0 Å². The molecule has 0 radical (unpaired) electrons. The third-order valence-corrected chi connectivity index (χ3v) is 7.39. The van der Waals surface area contributed by atoms with Crippen molar-refractivity contribution in [2.75, 3.05) is 26.2 Å². The molecule has 166 valence electrons. The van der Waals surface area contributed by atoms with Crippen LogP contribution in [0.4, 0.5) is 5.69 Å². The molecule has 1 aliphatic rings. The minimum Gasteiger partial charge on any atom is -0.351 e. The first-order chi connectivity index (χ1) is 14.7. The molecule has 1 heterocycles. The molecule has 1 fully saturated rings. The highest BCUT2D eigenvalue weighted by Crippen LogP contribution is 2.22. The molecule has 0 saturated carbocycles. The van der Waals surface area contributed by atoms with Gasteiger partial charge in [-0.3, -0.25) is 19.8 Å². The number of piperazine rings is 1. The number of hydrogen-bond donors (Lipinski definition) is 1. The van der Waals surface area contributed by atoms with E-state index in [0.717, 1.165) is 11.6 Å². The number of nitro groups is 1. The van der Waals surface area contributed by atoms with Crippen molar-refractivity contribution in [2.45, 2.75) is 24.4 Å². The Bertz CT molecular complexity index is 1050. The van der Waals surface area contributed by atoms with Gasteiger partial charge in [0.1, 0.15) is 0 Å². The van der Waals surface area contributed by atoms with E-state index in [2.05, 4.69) is 5.32 Å². The van der Waals surface area contributed by atoms with Gasteiger partial charge in [0.25, 0.3) is 5.69 Å². The lowest BCUT2D eigenvalue weighted by Crippen LogP contribution is -2.54. The number of rotatable bonds is 7. The van der Waals surface area contributed by atoms with Crippen molar-refractivity contribution in [3.63, 3.8) is 0 Å². The number of sulfonamides is 1. The summed E-state index contributed by atoms with van der Waals surface area (Å²) in [5.74, 6) is -0.148. The molecule has 3 rings (SSSR count). The van der Waals surface area contributed by atoms with Crippen LogP contribution in [0, 0.1) is 10.1 Å². The molecular weight excluding hydrogens is 444 g/mol. The fourth-order valence-corrected chi connectivity index (χ4v) is 4.93. The molecule has 2 aromatic rings. The van der Waals surface area contributed by atoms with E-state index in [-0.39, 0.29) is 29.6 Å². The summed E-state index contributed by atoms with van der Waals surface area (Å²) in [4.78, 5) is 24.6. The third kappa shape index (κ3) is 5.59. The average Bonchev–Trinajstić information content (AvgIpc) is 2.78. The number of carbonyl (C=O) groups is 1. The zero-order valence-corrected chi connectivity index (χ0v) is 18.5. The number of carbonyl (C=O) groups excluding carboxylic acids is 1. The lowest BCUT2D eigenvalue weighted by atomic mass is 10.2. The van der Waals surface area contributed by atoms with Crippen molar-refractivity contribution in [3.8, 4) is 0 Å². The second-order valence-corrected chi connectivity index (χ2v) is 9.59. The second-order valence-electron chi connectivity index (χ2n) is 7.21. The smallest absolute Gasteiger partial charge is 0.270 e. The van der Waals surface area contributed by atoms with Gasteiger partial charge in [0, 0.05) is 49.9 Å². The molecule has 1 amide bonds. The number of hydrogen-bond acceptors (Lipinski definition) is 6. The topological polar surface area (TPSA) is 113 Å². The third-order valence-electron chi connectivity index (χ3n) is 5.25. The van der Waals surface area contributed by atoms with Crippen LogP contribution in [0.15, 0.2) is 53.4 Å². The number of halogens is 1. The maximum absolute atomic E-state index is 12.9. The SMILES string of the molecule is CC(C(=O)NCc1ccc(Cl)cc1)N1CCN(S(=O)(=O)c2cccc([N+](=O)[O-])c2)CC1. The highest BCUT2D eigenvalue weighted by atomic mass is 35.5. The number of nitro benzene ring substituents is 1. The molecule has 1 saturated heterocycles. The minimum absolute atomic E-state index is 0.107. The molecule has 1 unspecified atom stereocenters. The van der Waals surface area contributed by atoms with E-state index in [1.165, 1.54) is 22.5 Å². The van der Waals surface area contributed by atoms with Crippen molar-refractivity contribution in [3.05, 3.63) is 69.2 Å². The van der Waals surface area contributed by atoms with Crippen LogP contribution in [-0.4, -0.2) is 60.7 Å². The quantitative estimate of drug-likeness (QED) is 0.494. The Morgan fingerprint density at radius 2 is 1.81 bits per heavy atom. The Kier molecular flexibility index (Phi) is 7.26. The molecule has 0 bridgehead atoms. The molecule has 1 aliphatic heterocycles. The fourth-order valence-electron chi connectivity index (χ4n) is 3.34. The van der Waals surface area contributed by atoms with Crippen LogP contribution in [0.5, 0.6) is 0 Å². The van der Waals surface area contributed by atoms with Gasteiger partial charge in [-0.1, -0.05) is 29.8 Å². The minimum atomic E-state index is -3.85. The van der Waals surface area contributed by atoms with Gasteiger partial charge in [0.15, 0.2) is 0 Å². The number of nitrogens with one attached hydrogen (secondary N) is 1. The van der Waals surface area contributed by atoms with Gasteiger partial charge in [0.2, 0.25) is 15.9 Å². The molecule has 0 spiro atoms. The van der Waals surface area contributed by atoms with Gasteiger partial charge in [-0.2, -0.15) is 4.31 Å². The van der Waals surface area contributed by atoms with Gasteiger partial charge in [-0.05, 0) is 30.7 Å². The molecule has 1 N–H and O–H groups in total. The van der Waals surface area contributed by atoms with Gasteiger partial charge >= 0.3 is 0 Å². The summed E-state index contributed by atoms with van der Waals surface area (Å²) in [6, 6.07) is 11.8. The Morgan fingerprint density at radius 1 is 1.16 bits per heavy atom. The van der Waals surface area contributed by atoms with E-state index in [4.69, 9.17) is 11.6 Å². The largest absolute Gasteiger partial charge is 0.351 e. The van der Waals surface area contributed by atoms with Crippen LogP contribution in [0.1, 0.15) is 12.5 Å². The van der Waals surface area contributed by atoms with Gasteiger partial charge in [-0.25, -0.2) is 8.42 Å². The van der Waals surface area contributed by atoms with Crippen molar-refractivity contribution in [1.29, 1.82) is 0 Å². The van der Waals surface area contributed by atoms with Crippen molar-refractivity contribution < 1.29 is 18.1 Å². The van der Waals surface area contributed by atoms with Crippen molar-refractivity contribution >= 4 is 33.2 Å². The average molecular weight is 467 g/mol. The maximum Gasteiger partial charge on any atom is 0.270 e. The summed E-state index contributed by atoms with van der Waals surface area (Å²) in [6.45, 7) is 3.30. The summed E-state index contributed by atoms with van der Waals surface area (Å²) >= 11 is 5.86. The van der Waals surface area contributed by atoms with Gasteiger partial charge in [0.05, 0.1) is 15.9 Å². The molecular formula is C20H23ClN4O5S. The Hall–Kier alpha value is -2.53. The molecule has 2 aromatic carbocycles. The molecule has 0 aromatic heterocycles. The van der Waals surface area contributed by atoms with Crippen LogP contribution in [0.25, 0.3) is 0 Å². The van der Waals surface area contributed by atoms with E-state index >= 15 is 0 Å². The molecule has 0 aliphatic carbocycles. The summed E-state index contributed by atoms with van der Waals surface area (Å²) in [5, 5.41) is 14.5. The Labute approximate surface area is 185 Å². The summed E-state index contributed by atoms with van der Waals surface area (Å²) in [6.07, 6.45) is 0. The van der Waals surface area contributed by atoms with Crippen molar-refractivity contribution in [1.82, 2.24) is 14.5 Å². The first kappa shape index (κ1) is 23.1. The Morgan fingerprint density at radius 3 is 2.42 bits per heavy atom. The highest BCUT2D eigenvalue weighted by Gasteiger charge is 2.32. The first-order valence-electron chi connectivity index (χ1n) is 9.69. The molecule has 31 heavy (non-hydrogen) atoms. The normalized spacial score (nSPS) is 16.6. The summed E-state index contributed by atoms with van der Waals surface area (Å²) in [7, 11) is -3.85. The van der Waals surface area contributed by atoms with Crippen LogP contribution in [0.3, 0.4) is 0 Å². The molecule has 1 atom stereocenters. The standard InChI is InChI=1S/C20H23ClN4O5S/c1-15(20(26)22-14-16-5-7-17(21)8-6-16)23-9-11-24(12-10-23)31(29,30)19-4-2-3-18(13-19)25(27)28/h2-8,13,15H,9-12,14H2,1H3,(H,22,26). The zero-order chi connectivity index (χ0) is 22.6. The van der Waals surface area contributed by atoms with Crippen LogP contribution in [-0.2, 0) is 21.4 Å². The lowest BCUT2D eigenvalue weighted by Gasteiger charge is -2.36. The second kappa shape index (κ2) is 9.73. The summed E-state index contributed by atoms with van der Waals surface area (Å²) < 4.78 is 27.0. The predicted octanol–water partition coefficient (Wildman–Crippen LogP) is 2.26. The molecule has 11 heteroatoms. The van der Waals surface area contributed by atoms with Gasteiger partial charge < -0.3 is 5.32 Å². The number of non-ortho nitro benzene ring substituents is 1. The maximum atomic E-state index is 12.9. The van der Waals surface area contributed by atoms with E-state index in [1.807, 2.05) is 17.0 Å². The summed E-state index contributed by atoms with van der Waals surface area (Å²) in [5.41, 5.74) is 0.656. The van der Waals surface area contributed by atoms with Gasteiger partial charge in [-0.15, -0.1) is 0 Å². The van der Waals surface area contributed by atoms with Crippen LogP contribution >= 0.6 is 11.6 Å². The van der Waals surface area contributed by atoms with E-state index in [1.54, 1.807) is 19.1 Å². The number of benzene rings is 2. The Balaban J connectivity index is 1.56. The number of nitrogens with zero attached hydrogens (tertiary/aromatic N) is 3. The van der Waals surface area contributed by atoms with E-state index in [0.29, 0.717) is 24.7 Å². The van der Waals surface area contributed by atoms with Crippen molar-refractivity contribution in [2.24, 2.45) is 0 Å². The molecule has 9 nitrogen and oxygen atoms in total. The fraction of sp³-hybridized carbons (Fsp3) is 0.350. The lowest BCUT2D eigenvalue weighted by molar-refractivity contribution is -0.385. The predicted molar refractivity (Wildman–Crippen MR) is 116 cm³/mol. The zero-order valence-electron chi connectivity index (χ0n) is 16.9. The first-order valence-corrected chi connectivity index (χ1v) is 11.5. The highest BCUT2D eigenvalue weighted by molar-refractivity contribution is 7.89. The van der Waals surface area contributed by atoms with Crippen LogP contribution in [0.2, 0.25) is 5.02 Å². The van der Waals surface area contributed by atoms with Crippen LogP contribution < -0.4 is 5.32 Å².